The predicted molar refractivity (Wildman–Crippen MR) is 201 cm³/mol. The first kappa shape index (κ1) is 27.0. The molecule has 46 heavy (non-hydrogen) atoms. The minimum atomic E-state index is 0.795. The zero-order valence-corrected chi connectivity index (χ0v) is 26.9. The van der Waals surface area contributed by atoms with Gasteiger partial charge in [0.05, 0.1) is 22.1 Å². The topological polar surface area (TPSA) is 34.8 Å². The Kier molecular flexibility index (Phi) is 6.38. The number of hydrogen-bond donors (Lipinski definition) is 1. The van der Waals surface area contributed by atoms with Gasteiger partial charge in [0, 0.05) is 42.1 Å². The monoisotopic (exact) mass is 702 g/mol. The Morgan fingerprint density at radius 2 is 1.04 bits per heavy atom. The summed E-state index contributed by atoms with van der Waals surface area (Å²) < 4.78 is 5.89. The molecule has 9 aromatic rings. The Bertz CT molecular complexity index is 2580. The maximum atomic E-state index is 5.21. The lowest BCUT2D eigenvalue weighted by Crippen LogP contribution is -2.01. The van der Waals surface area contributed by atoms with Crippen LogP contribution in [-0.2, 0) is 0 Å². The van der Waals surface area contributed by atoms with E-state index in [1.165, 1.54) is 41.7 Å². The third-order valence-corrected chi connectivity index (χ3v) is 9.74. The molecule has 0 radical (unpaired) electrons. The second-order valence-corrected chi connectivity index (χ2v) is 12.6. The zero-order valence-electron chi connectivity index (χ0n) is 24.7. The molecule has 0 saturated carbocycles. The molecular weight excluding hydrogens is 675 g/mol. The van der Waals surface area contributed by atoms with E-state index in [4.69, 9.17) is 4.98 Å². The number of benzene rings is 6. The molecule has 0 aliphatic heterocycles. The highest BCUT2D eigenvalue weighted by Gasteiger charge is 2.19. The molecule has 0 aliphatic rings. The van der Waals surface area contributed by atoms with Crippen LogP contribution < -0.4 is 5.32 Å². The molecule has 0 atom stereocenters. The summed E-state index contributed by atoms with van der Waals surface area (Å²) in [7, 11) is 0. The Balaban J connectivity index is 1.25. The van der Waals surface area contributed by atoms with E-state index < -0.39 is 0 Å². The summed E-state index contributed by atoms with van der Waals surface area (Å²) in [5.74, 6) is 1.66. The molecule has 4 nitrogen and oxygen atoms in total. The number of rotatable bonds is 5. The van der Waals surface area contributed by atoms with Gasteiger partial charge in [0.2, 0.25) is 0 Å². The van der Waals surface area contributed by atoms with Gasteiger partial charge in [0.25, 0.3) is 0 Å². The van der Waals surface area contributed by atoms with Crippen molar-refractivity contribution < 1.29 is 0 Å². The minimum Gasteiger partial charge on any atom is -0.340 e. The normalized spacial score (nSPS) is 11.6. The van der Waals surface area contributed by atoms with E-state index in [1.54, 1.807) is 0 Å². The zero-order chi connectivity index (χ0) is 30.6. The minimum absolute atomic E-state index is 0.795. The van der Waals surface area contributed by atoms with E-state index in [0.717, 1.165) is 39.6 Å². The molecule has 0 fully saturated rings. The highest BCUT2D eigenvalue weighted by Crippen LogP contribution is 2.39. The summed E-state index contributed by atoms with van der Waals surface area (Å²) in [5.41, 5.74) is 9.17. The molecule has 1 N–H and O–H groups in total. The SMILES string of the molecule is Ic1ccccc1-c1ccccc1Nc1cccc(-n2c3ccccc3c3cc4c(cc32)c2ccccc2n4-c2ccccc2)n1. The number of halogens is 1. The van der Waals surface area contributed by atoms with Gasteiger partial charge in [0.15, 0.2) is 0 Å². The lowest BCUT2D eigenvalue weighted by atomic mass is 10.0. The van der Waals surface area contributed by atoms with E-state index in [9.17, 15) is 0 Å². The predicted octanol–water partition coefficient (Wildman–Crippen LogP) is 11.3. The van der Waals surface area contributed by atoms with E-state index in [-0.39, 0.29) is 0 Å². The molecule has 0 bridgehead atoms. The number of hydrogen-bond acceptors (Lipinski definition) is 2. The molecule has 0 aliphatic carbocycles. The maximum absolute atomic E-state index is 5.21. The quantitative estimate of drug-likeness (QED) is 0.181. The van der Waals surface area contributed by atoms with Crippen LogP contribution in [0.25, 0.3) is 66.2 Å². The molecule has 218 valence electrons. The summed E-state index contributed by atoms with van der Waals surface area (Å²) >= 11 is 2.41. The van der Waals surface area contributed by atoms with Gasteiger partial charge < -0.3 is 9.88 Å². The fourth-order valence-corrected chi connectivity index (χ4v) is 7.47. The number of anilines is 2. The van der Waals surface area contributed by atoms with Crippen molar-refractivity contribution in [2.75, 3.05) is 5.32 Å². The molecule has 0 unspecified atom stereocenters. The smallest absolute Gasteiger partial charge is 0.140 e. The Morgan fingerprint density at radius 1 is 0.457 bits per heavy atom. The fourth-order valence-electron chi connectivity index (χ4n) is 6.79. The van der Waals surface area contributed by atoms with Crippen LogP contribution in [0, 0.1) is 3.57 Å². The van der Waals surface area contributed by atoms with Crippen LogP contribution in [0.4, 0.5) is 11.5 Å². The van der Waals surface area contributed by atoms with Crippen LogP contribution in [-0.4, -0.2) is 14.1 Å². The largest absolute Gasteiger partial charge is 0.340 e. The van der Waals surface area contributed by atoms with Crippen molar-refractivity contribution in [1.29, 1.82) is 0 Å². The van der Waals surface area contributed by atoms with Crippen LogP contribution in [0.2, 0.25) is 0 Å². The Hall–Kier alpha value is -5.40. The van der Waals surface area contributed by atoms with Gasteiger partial charge in [-0.25, -0.2) is 4.98 Å². The van der Waals surface area contributed by atoms with Gasteiger partial charge in [-0.15, -0.1) is 0 Å². The van der Waals surface area contributed by atoms with Crippen LogP contribution >= 0.6 is 22.6 Å². The van der Waals surface area contributed by atoms with Crippen molar-refractivity contribution in [2.24, 2.45) is 0 Å². The van der Waals surface area contributed by atoms with Crippen molar-refractivity contribution in [3.05, 3.63) is 161 Å². The fraction of sp³-hybridized carbons (Fsp3) is 0. The van der Waals surface area contributed by atoms with E-state index in [0.29, 0.717) is 0 Å². The van der Waals surface area contributed by atoms with Crippen molar-refractivity contribution in [3.8, 4) is 22.6 Å². The second kappa shape index (κ2) is 10.9. The number of nitrogens with one attached hydrogen (secondary N) is 1. The molecular formula is C41H27IN4. The van der Waals surface area contributed by atoms with Crippen LogP contribution in [0.1, 0.15) is 0 Å². The van der Waals surface area contributed by atoms with Crippen molar-refractivity contribution in [2.45, 2.75) is 0 Å². The summed E-state index contributed by atoms with van der Waals surface area (Å²) in [4.78, 5) is 5.21. The van der Waals surface area contributed by atoms with Gasteiger partial charge in [-0.3, -0.25) is 4.57 Å². The molecule has 6 aromatic carbocycles. The molecule has 3 heterocycles. The highest BCUT2D eigenvalue weighted by molar-refractivity contribution is 14.1. The van der Waals surface area contributed by atoms with Crippen molar-refractivity contribution in [3.63, 3.8) is 0 Å². The third-order valence-electron chi connectivity index (χ3n) is 8.80. The Labute approximate surface area is 279 Å². The number of fused-ring (bicyclic) bond motifs is 6. The maximum Gasteiger partial charge on any atom is 0.140 e. The van der Waals surface area contributed by atoms with Crippen LogP contribution in [0.15, 0.2) is 158 Å². The molecule has 0 spiro atoms. The molecule has 5 heteroatoms. The van der Waals surface area contributed by atoms with E-state index >= 15 is 0 Å². The van der Waals surface area contributed by atoms with Gasteiger partial charge in [0.1, 0.15) is 11.6 Å². The molecule has 0 amide bonds. The first-order chi connectivity index (χ1) is 22.7. The first-order valence-electron chi connectivity index (χ1n) is 15.3. The number of pyridine rings is 1. The summed E-state index contributed by atoms with van der Waals surface area (Å²) in [6.45, 7) is 0. The average molecular weight is 703 g/mol. The van der Waals surface area contributed by atoms with Crippen molar-refractivity contribution >= 4 is 77.7 Å². The van der Waals surface area contributed by atoms with Gasteiger partial charge >= 0.3 is 0 Å². The summed E-state index contributed by atoms with van der Waals surface area (Å²) in [6, 6.07) is 55.8. The molecule has 3 aromatic heterocycles. The first-order valence-corrected chi connectivity index (χ1v) is 16.4. The van der Waals surface area contributed by atoms with E-state index in [2.05, 4.69) is 189 Å². The van der Waals surface area contributed by atoms with Crippen LogP contribution in [0.5, 0.6) is 0 Å². The third kappa shape index (κ3) is 4.30. The number of nitrogens with zero attached hydrogens (tertiary/aromatic N) is 3. The molecule has 0 saturated heterocycles. The summed E-state index contributed by atoms with van der Waals surface area (Å²) in [6.07, 6.45) is 0. The van der Waals surface area contributed by atoms with Gasteiger partial charge in [-0.2, -0.15) is 0 Å². The lowest BCUT2D eigenvalue weighted by molar-refractivity contribution is 1.08. The number of aromatic nitrogens is 3. The number of para-hydroxylation sites is 4. The van der Waals surface area contributed by atoms with Gasteiger partial charge in [-0.1, -0.05) is 97.1 Å². The standard InChI is InChI=1S/C41H27IN4/c42-34-19-8-4-15-28(34)29-16-5-9-20-35(29)43-40-23-12-24-41(44-40)46-37-22-11-7-18-31(37)33-25-38-32(26-39(33)46)30-17-6-10-21-36(30)45(38)27-13-2-1-3-14-27/h1-26H,(H,43,44). The van der Waals surface area contributed by atoms with Crippen molar-refractivity contribution in [1.82, 2.24) is 14.1 Å². The van der Waals surface area contributed by atoms with E-state index in [1.807, 2.05) is 6.07 Å². The average Bonchev–Trinajstić information content (AvgIpc) is 3.60. The summed E-state index contributed by atoms with van der Waals surface area (Å²) in [5, 5.41) is 8.50. The Morgan fingerprint density at radius 3 is 1.78 bits per heavy atom. The van der Waals surface area contributed by atoms with Gasteiger partial charge in [-0.05, 0) is 88.8 Å². The second-order valence-electron chi connectivity index (χ2n) is 11.5. The molecule has 9 rings (SSSR count). The lowest BCUT2D eigenvalue weighted by Gasteiger charge is -2.14. The highest BCUT2D eigenvalue weighted by atomic mass is 127. The van der Waals surface area contributed by atoms with Crippen LogP contribution in [0.3, 0.4) is 0 Å².